The van der Waals surface area contributed by atoms with Crippen LogP contribution in [-0.2, 0) is 4.79 Å². The lowest BCUT2D eigenvalue weighted by Gasteiger charge is -2.40. The van der Waals surface area contributed by atoms with Gasteiger partial charge in [-0.2, -0.15) is 0 Å². The van der Waals surface area contributed by atoms with E-state index in [0.717, 1.165) is 45.2 Å². The normalized spacial score (nSPS) is 25.1. The van der Waals surface area contributed by atoms with Crippen LogP contribution in [0.1, 0.15) is 40.5 Å². The van der Waals surface area contributed by atoms with E-state index in [2.05, 4.69) is 52.2 Å². The summed E-state index contributed by atoms with van der Waals surface area (Å²) in [7, 11) is 0. The average Bonchev–Trinajstić information content (AvgIpc) is 2.69. The summed E-state index contributed by atoms with van der Waals surface area (Å²) in [6, 6.07) is 1.29. The second kappa shape index (κ2) is 10.4. The number of carbonyl (C=O) groups is 1. The van der Waals surface area contributed by atoms with Crippen LogP contribution in [0.15, 0.2) is 0 Å². The maximum atomic E-state index is 12.7. The molecule has 0 atom stereocenters. The molecule has 6 heteroatoms. The summed E-state index contributed by atoms with van der Waals surface area (Å²) in [5.74, 6) is 1.12. The highest BCUT2D eigenvalue weighted by Crippen LogP contribution is 2.20. The molecular weight excluding hydrogens is 350 g/mol. The quantitative estimate of drug-likeness (QED) is 0.679. The van der Waals surface area contributed by atoms with E-state index in [-0.39, 0.29) is 0 Å². The molecule has 3 heterocycles. The molecule has 0 aliphatic carbocycles. The summed E-state index contributed by atoms with van der Waals surface area (Å²) >= 11 is 0. The molecule has 0 aromatic heterocycles. The van der Waals surface area contributed by atoms with E-state index >= 15 is 0 Å². The number of nitrogens with zero attached hydrogens (tertiary/aromatic N) is 5. The highest BCUT2D eigenvalue weighted by Gasteiger charge is 2.28. The second-order valence-electron chi connectivity index (χ2n) is 9.66. The molecule has 162 valence electrons. The zero-order valence-corrected chi connectivity index (χ0v) is 18.8. The van der Waals surface area contributed by atoms with Gasteiger partial charge in [-0.1, -0.05) is 0 Å². The second-order valence-corrected chi connectivity index (χ2v) is 9.66. The molecule has 0 radical (unpaired) electrons. The van der Waals surface area contributed by atoms with Crippen molar-refractivity contribution < 1.29 is 4.79 Å². The molecule has 0 bridgehead atoms. The van der Waals surface area contributed by atoms with Crippen molar-refractivity contribution in [2.24, 2.45) is 5.92 Å². The highest BCUT2D eigenvalue weighted by molar-refractivity contribution is 5.78. The lowest BCUT2D eigenvalue weighted by Crippen LogP contribution is -2.53. The molecule has 3 fully saturated rings. The minimum absolute atomic E-state index is 0.349. The third-order valence-corrected chi connectivity index (χ3v) is 7.12. The van der Waals surface area contributed by atoms with Crippen LogP contribution in [0.2, 0.25) is 0 Å². The molecule has 6 nitrogen and oxygen atoms in total. The Morgan fingerprint density at radius 2 is 1.18 bits per heavy atom. The van der Waals surface area contributed by atoms with Crippen molar-refractivity contribution in [2.75, 3.05) is 78.5 Å². The van der Waals surface area contributed by atoms with Crippen LogP contribution in [-0.4, -0.2) is 121 Å². The monoisotopic (exact) mass is 393 g/mol. The molecule has 3 rings (SSSR count). The Morgan fingerprint density at radius 1 is 0.714 bits per heavy atom. The largest absolute Gasteiger partial charge is 0.342 e. The van der Waals surface area contributed by atoms with Gasteiger partial charge in [0.15, 0.2) is 0 Å². The molecule has 28 heavy (non-hydrogen) atoms. The van der Waals surface area contributed by atoms with Gasteiger partial charge in [0.25, 0.3) is 0 Å². The number of amides is 1. The Hall–Kier alpha value is -0.690. The summed E-state index contributed by atoms with van der Waals surface area (Å²) in [5.41, 5.74) is 0. The summed E-state index contributed by atoms with van der Waals surface area (Å²) in [4.78, 5) is 24.9. The predicted molar refractivity (Wildman–Crippen MR) is 116 cm³/mol. The summed E-state index contributed by atoms with van der Waals surface area (Å²) in [6.07, 6.45) is 2.36. The molecule has 0 saturated carbocycles. The molecule has 0 unspecified atom stereocenters. The minimum atomic E-state index is 0.349. The van der Waals surface area contributed by atoms with Crippen LogP contribution in [0, 0.1) is 5.92 Å². The highest BCUT2D eigenvalue weighted by atomic mass is 16.2. The van der Waals surface area contributed by atoms with Crippen LogP contribution in [0.5, 0.6) is 0 Å². The van der Waals surface area contributed by atoms with E-state index in [4.69, 9.17) is 0 Å². The van der Waals surface area contributed by atoms with E-state index in [9.17, 15) is 4.79 Å². The van der Waals surface area contributed by atoms with Crippen LogP contribution in [0.4, 0.5) is 0 Å². The first-order valence-corrected chi connectivity index (χ1v) is 11.6. The van der Waals surface area contributed by atoms with Crippen LogP contribution >= 0.6 is 0 Å². The first-order chi connectivity index (χ1) is 13.4. The van der Waals surface area contributed by atoms with Gasteiger partial charge in [-0.25, -0.2) is 0 Å². The van der Waals surface area contributed by atoms with E-state index < -0.39 is 0 Å². The van der Waals surface area contributed by atoms with Gasteiger partial charge in [0.2, 0.25) is 5.91 Å². The Morgan fingerprint density at radius 3 is 1.64 bits per heavy atom. The minimum Gasteiger partial charge on any atom is -0.342 e. The lowest BCUT2D eigenvalue weighted by molar-refractivity contribution is -0.134. The predicted octanol–water partition coefficient (Wildman–Crippen LogP) is 1.28. The maximum absolute atomic E-state index is 12.7. The number of hydrogen-bond acceptors (Lipinski definition) is 5. The zero-order chi connectivity index (χ0) is 20.1. The van der Waals surface area contributed by atoms with Crippen molar-refractivity contribution >= 4 is 5.91 Å². The third-order valence-electron chi connectivity index (χ3n) is 7.12. The van der Waals surface area contributed by atoms with Crippen molar-refractivity contribution in [3.63, 3.8) is 0 Å². The van der Waals surface area contributed by atoms with Gasteiger partial charge in [0.1, 0.15) is 0 Å². The number of rotatable bonds is 6. The SMILES string of the molecule is CC(C)N1CCN(CC(=O)N2CCC(CN3CCN(C(C)C)CC3)CC2)CC1. The number of hydrogen-bond donors (Lipinski definition) is 0. The molecular formula is C22H43N5O. The average molecular weight is 394 g/mol. The summed E-state index contributed by atoms with van der Waals surface area (Å²) in [6.45, 7) is 22.0. The van der Waals surface area contributed by atoms with Gasteiger partial charge in [-0.05, 0) is 46.5 Å². The Kier molecular flexibility index (Phi) is 8.15. The van der Waals surface area contributed by atoms with Gasteiger partial charge >= 0.3 is 0 Å². The van der Waals surface area contributed by atoms with Gasteiger partial charge < -0.3 is 9.80 Å². The Balaban J connectivity index is 1.32. The molecule has 0 aromatic rings. The maximum Gasteiger partial charge on any atom is 0.236 e. The van der Waals surface area contributed by atoms with Crippen molar-refractivity contribution in [1.82, 2.24) is 24.5 Å². The van der Waals surface area contributed by atoms with Crippen LogP contribution in [0.3, 0.4) is 0 Å². The van der Waals surface area contributed by atoms with Crippen molar-refractivity contribution in [3.05, 3.63) is 0 Å². The number of likely N-dealkylation sites (tertiary alicyclic amines) is 1. The fourth-order valence-electron chi connectivity index (χ4n) is 4.92. The molecule has 0 spiro atoms. The molecule has 0 aromatic carbocycles. The van der Waals surface area contributed by atoms with E-state index in [1.165, 1.54) is 45.6 Å². The molecule has 0 N–H and O–H groups in total. The van der Waals surface area contributed by atoms with E-state index in [1.54, 1.807) is 0 Å². The van der Waals surface area contributed by atoms with Gasteiger partial charge in [-0.15, -0.1) is 0 Å². The van der Waals surface area contributed by atoms with Crippen molar-refractivity contribution in [3.8, 4) is 0 Å². The van der Waals surface area contributed by atoms with E-state index in [1.807, 2.05) is 0 Å². The summed E-state index contributed by atoms with van der Waals surface area (Å²) in [5, 5.41) is 0. The number of piperazine rings is 2. The Labute approximate surface area is 172 Å². The van der Waals surface area contributed by atoms with Crippen LogP contribution in [0.25, 0.3) is 0 Å². The molecule has 3 saturated heterocycles. The van der Waals surface area contributed by atoms with E-state index in [0.29, 0.717) is 24.5 Å². The molecule has 1 amide bonds. The number of piperidine rings is 1. The van der Waals surface area contributed by atoms with Gasteiger partial charge in [0.05, 0.1) is 6.54 Å². The Bertz CT molecular complexity index is 473. The molecule has 3 aliphatic rings. The fraction of sp³-hybridized carbons (Fsp3) is 0.955. The smallest absolute Gasteiger partial charge is 0.236 e. The van der Waals surface area contributed by atoms with Crippen molar-refractivity contribution in [1.29, 1.82) is 0 Å². The third kappa shape index (κ3) is 6.15. The van der Waals surface area contributed by atoms with Gasteiger partial charge in [0, 0.05) is 84.1 Å². The first kappa shape index (κ1) is 22.0. The first-order valence-electron chi connectivity index (χ1n) is 11.6. The molecule has 3 aliphatic heterocycles. The van der Waals surface area contributed by atoms with Crippen LogP contribution < -0.4 is 0 Å². The topological polar surface area (TPSA) is 33.3 Å². The summed E-state index contributed by atoms with van der Waals surface area (Å²) < 4.78 is 0. The fourth-order valence-corrected chi connectivity index (χ4v) is 4.92. The lowest BCUT2D eigenvalue weighted by atomic mass is 9.95. The number of carbonyl (C=O) groups excluding carboxylic acids is 1. The standard InChI is InChI=1S/C22H43N5O/c1-19(2)25-13-9-23(10-14-25)17-21-5-7-27(8-6-21)22(28)18-24-11-15-26(16-12-24)20(3)4/h19-21H,5-18H2,1-4H3. The zero-order valence-electron chi connectivity index (χ0n) is 18.8. The van der Waals surface area contributed by atoms with Crippen molar-refractivity contribution in [2.45, 2.75) is 52.6 Å². The van der Waals surface area contributed by atoms with Gasteiger partial charge in [-0.3, -0.25) is 19.5 Å².